The molecule has 1 N–H and O–H groups in total. The molecule has 1 aliphatic heterocycles. The first-order valence-electron chi connectivity index (χ1n) is 5.81. The third kappa shape index (κ3) is 2.25. The number of aromatic nitrogens is 3. The first-order chi connectivity index (χ1) is 8.62. The van der Waals surface area contributed by atoms with Crippen LogP contribution in [0.4, 0.5) is 0 Å². The highest BCUT2D eigenvalue weighted by atomic mass is 16.5. The van der Waals surface area contributed by atoms with Crippen LogP contribution in [0.1, 0.15) is 12.8 Å². The summed E-state index contributed by atoms with van der Waals surface area (Å²) in [6.45, 7) is 3.65. The first-order valence-corrected chi connectivity index (χ1v) is 5.81. The molecule has 3 heterocycles. The summed E-state index contributed by atoms with van der Waals surface area (Å²) in [5.74, 6) is 1.05. The highest BCUT2D eigenvalue weighted by Crippen LogP contribution is 2.22. The Morgan fingerprint density at radius 2 is 2.28 bits per heavy atom. The number of nitrogens with zero attached hydrogens (tertiary/aromatic N) is 4. The van der Waals surface area contributed by atoms with E-state index in [0.717, 1.165) is 0 Å². The second kappa shape index (κ2) is 4.15. The number of pyridine rings is 1. The first kappa shape index (κ1) is 11.3. The number of aliphatic hydroxyl groups is 1. The minimum atomic E-state index is -0.580. The van der Waals surface area contributed by atoms with E-state index in [1.54, 1.807) is 6.20 Å². The van der Waals surface area contributed by atoms with Crippen LogP contribution in [0.5, 0.6) is 0 Å². The van der Waals surface area contributed by atoms with E-state index in [1.165, 1.54) is 0 Å². The zero-order valence-corrected chi connectivity index (χ0v) is 10.1. The van der Waals surface area contributed by atoms with E-state index in [4.69, 9.17) is 4.52 Å². The molecule has 0 unspecified atom stereocenters. The van der Waals surface area contributed by atoms with Gasteiger partial charge in [-0.05, 0) is 19.1 Å². The van der Waals surface area contributed by atoms with Gasteiger partial charge in [-0.3, -0.25) is 9.88 Å². The lowest BCUT2D eigenvalue weighted by molar-refractivity contribution is -0.0901. The van der Waals surface area contributed by atoms with E-state index in [1.807, 2.05) is 25.1 Å². The fraction of sp³-hybridized carbons (Fsp3) is 0.417. The van der Waals surface area contributed by atoms with Crippen molar-refractivity contribution < 1.29 is 9.63 Å². The molecule has 0 aliphatic carbocycles. The molecular formula is C12H14N4O2. The fourth-order valence-corrected chi connectivity index (χ4v) is 2.14. The number of β-amino-alcohol motifs (C(OH)–C–C–N with tert-alkyl or cyclic N) is 1. The van der Waals surface area contributed by atoms with Gasteiger partial charge in [0, 0.05) is 19.3 Å². The number of rotatable bonds is 3. The fourth-order valence-electron chi connectivity index (χ4n) is 2.14. The molecule has 2 aromatic rings. The molecule has 0 spiro atoms. The van der Waals surface area contributed by atoms with Gasteiger partial charge in [-0.25, -0.2) is 0 Å². The zero-order chi connectivity index (χ0) is 12.6. The Morgan fingerprint density at radius 1 is 1.44 bits per heavy atom. The largest absolute Gasteiger partial charge is 0.388 e. The van der Waals surface area contributed by atoms with E-state index < -0.39 is 5.60 Å². The van der Waals surface area contributed by atoms with Crippen LogP contribution in [0.25, 0.3) is 11.5 Å². The van der Waals surface area contributed by atoms with Gasteiger partial charge in [0.05, 0.1) is 12.1 Å². The molecule has 6 heteroatoms. The zero-order valence-electron chi connectivity index (χ0n) is 10.1. The third-order valence-electron chi connectivity index (χ3n) is 2.85. The van der Waals surface area contributed by atoms with Gasteiger partial charge in [0.1, 0.15) is 5.69 Å². The average molecular weight is 246 g/mol. The monoisotopic (exact) mass is 246 g/mol. The van der Waals surface area contributed by atoms with Crippen molar-refractivity contribution in [1.82, 2.24) is 20.0 Å². The second-order valence-corrected chi connectivity index (χ2v) is 4.87. The lowest BCUT2D eigenvalue weighted by atomic mass is 9.97. The molecule has 0 radical (unpaired) electrons. The minimum Gasteiger partial charge on any atom is -0.388 e. The molecule has 6 nitrogen and oxygen atoms in total. The van der Waals surface area contributed by atoms with E-state index in [0.29, 0.717) is 37.0 Å². The Kier molecular flexibility index (Phi) is 2.61. The highest BCUT2D eigenvalue weighted by molar-refractivity contribution is 5.46. The molecule has 1 fully saturated rings. The molecule has 3 rings (SSSR count). The van der Waals surface area contributed by atoms with Gasteiger partial charge < -0.3 is 9.63 Å². The van der Waals surface area contributed by atoms with E-state index in [-0.39, 0.29) is 0 Å². The van der Waals surface area contributed by atoms with Crippen LogP contribution in [-0.2, 0) is 6.54 Å². The summed E-state index contributed by atoms with van der Waals surface area (Å²) in [6.07, 6.45) is 1.69. The summed E-state index contributed by atoms with van der Waals surface area (Å²) in [5, 5.41) is 13.5. The van der Waals surface area contributed by atoms with Crippen molar-refractivity contribution in [3.63, 3.8) is 0 Å². The number of hydrogen-bond acceptors (Lipinski definition) is 6. The Bertz CT molecular complexity index is 530. The Hall–Kier alpha value is -1.79. The lowest BCUT2D eigenvalue weighted by Gasteiger charge is -2.43. The van der Waals surface area contributed by atoms with Crippen molar-refractivity contribution in [1.29, 1.82) is 0 Å². The van der Waals surface area contributed by atoms with Crippen molar-refractivity contribution in [2.24, 2.45) is 0 Å². The van der Waals surface area contributed by atoms with E-state index in [9.17, 15) is 5.11 Å². The van der Waals surface area contributed by atoms with E-state index in [2.05, 4.69) is 20.0 Å². The average Bonchev–Trinajstić information content (AvgIpc) is 2.76. The molecule has 0 bridgehead atoms. The molecule has 0 aromatic carbocycles. The smallest absolute Gasteiger partial charge is 0.241 e. The van der Waals surface area contributed by atoms with Gasteiger partial charge >= 0.3 is 0 Å². The quantitative estimate of drug-likeness (QED) is 0.859. The van der Waals surface area contributed by atoms with Crippen molar-refractivity contribution in [3.05, 3.63) is 30.3 Å². The van der Waals surface area contributed by atoms with Crippen LogP contribution in [0.3, 0.4) is 0 Å². The molecule has 94 valence electrons. The van der Waals surface area contributed by atoms with Crippen molar-refractivity contribution >= 4 is 0 Å². The molecule has 18 heavy (non-hydrogen) atoms. The predicted molar refractivity (Wildman–Crippen MR) is 63.4 cm³/mol. The summed E-state index contributed by atoms with van der Waals surface area (Å²) in [4.78, 5) is 10.5. The summed E-state index contributed by atoms with van der Waals surface area (Å²) < 4.78 is 5.17. The Labute approximate surface area is 104 Å². The standard InChI is InChI=1S/C12H14N4O2/c1-12(17)7-16(8-12)6-10-14-11(15-18-10)9-4-2-3-5-13-9/h2-5,17H,6-8H2,1H3. The highest BCUT2D eigenvalue weighted by Gasteiger charge is 2.37. The maximum Gasteiger partial charge on any atom is 0.241 e. The van der Waals surface area contributed by atoms with Crippen LogP contribution in [-0.4, -0.2) is 43.8 Å². The summed E-state index contributed by atoms with van der Waals surface area (Å²) >= 11 is 0. The summed E-state index contributed by atoms with van der Waals surface area (Å²) in [7, 11) is 0. The van der Waals surface area contributed by atoms with Crippen molar-refractivity contribution in [3.8, 4) is 11.5 Å². The summed E-state index contributed by atoms with van der Waals surface area (Å²) in [5.41, 5.74) is 0.118. The van der Waals surface area contributed by atoms with Gasteiger partial charge in [-0.1, -0.05) is 11.2 Å². The normalized spacial score (nSPS) is 18.6. The SMILES string of the molecule is CC1(O)CN(Cc2nc(-c3ccccn3)no2)C1. The molecule has 1 aliphatic rings. The maximum atomic E-state index is 9.63. The van der Waals surface area contributed by atoms with Crippen LogP contribution >= 0.6 is 0 Å². The van der Waals surface area contributed by atoms with Crippen molar-refractivity contribution in [2.75, 3.05) is 13.1 Å². The van der Waals surface area contributed by atoms with Gasteiger partial charge in [0.2, 0.25) is 11.7 Å². The van der Waals surface area contributed by atoms with Crippen LogP contribution in [0.15, 0.2) is 28.9 Å². The second-order valence-electron chi connectivity index (χ2n) is 4.87. The van der Waals surface area contributed by atoms with Gasteiger partial charge in [-0.2, -0.15) is 4.98 Å². The third-order valence-corrected chi connectivity index (χ3v) is 2.85. The van der Waals surface area contributed by atoms with E-state index >= 15 is 0 Å². The molecular weight excluding hydrogens is 232 g/mol. The van der Waals surface area contributed by atoms with Crippen molar-refractivity contribution in [2.45, 2.75) is 19.1 Å². The van der Waals surface area contributed by atoms with Gasteiger partial charge in [0.25, 0.3) is 0 Å². The minimum absolute atomic E-state index is 0.498. The topological polar surface area (TPSA) is 75.3 Å². The van der Waals surface area contributed by atoms with Gasteiger partial charge in [-0.15, -0.1) is 0 Å². The molecule has 1 saturated heterocycles. The Balaban J connectivity index is 1.68. The maximum absolute atomic E-state index is 9.63. The number of hydrogen-bond donors (Lipinski definition) is 1. The molecule has 0 saturated carbocycles. The summed E-state index contributed by atoms with van der Waals surface area (Å²) in [6, 6.07) is 5.56. The number of likely N-dealkylation sites (tertiary alicyclic amines) is 1. The lowest BCUT2D eigenvalue weighted by Crippen LogP contribution is -2.59. The van der Waals surface area contributed by atoms with Crippen LogP contribution < -0.4 is 0 Å². The van der Waals surface area contributed by atoms with Crippen LogP contribution in [0, 0.1) is 0 Å². The van der Waals surface area contributed by atoms with Crippen LogP contribution in [0.2, 0.25) is 0 Å². The molecule has 2 aromatic heterocycles. The Morgan fingerprint density at radius 3 is 2.94 bits per heavy atom. The van der Waals surface area contributed by atoms with Gasteiger partial charge in [0.15, 0.2) is 0 Å². The molecule has 0 amide bonds. The molecule has 0 atom stereocenters. The predicted octanol–water partition coefficient (Wildman–Crippen LogP) is 0.698.